The van der Waals surface area contributed by atoms with Crippen LogP contribution in [0.1, 0.15) is 37.1 Å². The summed E-state index contributed by atoms with van der Waals surface area (Å²) in [4.78, 5) is 11.1. The number of nitrogens with one attached hydrogen (secondary N) is 1. The van der Waals surface area contributed by atoms with Crippen LogP contribution in [0.2, 0.25) is 0 Å². The number of nitriles is 1. The van der Waals surface area contributed by atoms with E-state index in [-0.39, 0.29) is 12.2 Å². The van der Waals surface area contributed by atoms with Gasteiger partial charge in [0.15, 0.2) is 5.82 Å². The lowest BCUT2D eigenvalue weighted by Gasteiger charge is -2.15. The predicted molar refractivity (Wildman–Crippen MR) is 74.0 cm³/mol. The zero-order valence-electron chi connectivity index (χ0n) is 11.5. The molecule has 1 aromatic heterocycles. The van der Waals surface area contributed by atoms with E-state index in [9.17, 15) is 10.1 Å². The number of carboxylic acid groups (broad SMARTS) is 1. The Kier molecular flexibility index (Phi) is 5.49. The number of aromatic nitrogens is 2. The Hall–Kier alpha value is -2.60. The summed E-state index contributed by atoms with van der Waals surface area (Å²) >= 11 is 0. The molecule has 20 heavy (non-hydrogen) atoms. The van der Waals surface area contributed by atoms with Crippen molar-refractivity contribution in [3.05, 3.63) is 16.8 Å². The van der Waals surface area contributed by atoms with Gasteiger partial charge < -0.3 is 10.4 Å². The van der Waals surface area contributed by atoms with Crippen LogP contribution in [-0.2, 0) is 17.6 Å². The molecule has 0 aliphatic carbocycles. The van der Waals surface area contributed by atoms with Crippen molar-refractivity contribution in [3.8, 4) is 18.4 Å². The van der Waals surface area contributed by atoms with Gasteiger partial charge in [0.25, 0.3) is 0 Å². The van der Waals surface area contributed by atoms with E-state index in [4.69, 9.17) is 11.5 Å². The molecule has 0 bridgehead atoms. The van der Waals surface area contributed by atoms with Gasteiger partial charge in [-0.15, -0.1) is 17.4 Å². The molecule has 0 aliphatic heterocycles. The molecule has 0 saturated heterocycles. The number of aliphatic carboxylic acids is 1. The summed E-state index contributed by atoms with van der Waals surface area (Å²) in [6, 6.07) is 1.08. The summed E-state index contributed by atoms with van der Waals surface area (Å²) in [6.07, 6.45) is 6.43. The average Bonchev–Trinajstić information content (AvgIpc) is 2.45. The smallest absolute Gasteiger partial charge is 0.327 e. The number of hydrogen-bond acceptors (Lipinski definition) is 5. The Bertz CT molecular complexity index is 584. The maximum Gasteiger partial charge on any atom is 0.327 e. The van der Waals surface area contributed by atoms with Crippen molar-refractivity contribution >= 4 is 11.8 Å². The quantitative estimate of drug-likeness (QED) is 0.759. The fourth-order valence-corrected chi connectivity index (χ4v) is 1.88. The molecule has 6 nitrogen and oxygen atoms in total. The molecule has 1 rings (SSSR count). The molecule has 2 N–H and O–H groups in total. The number of carbonyl (C=O) groups is 1. The first-order chi connectivity index (χ1) is 9.58. The minimum atomic E-state index is -1.09. The molecule has 1 aromatic rings. The molecule has 104 valence electrons. The van der Waals surface area contributed by atoms with Crippen molar-refractivity contribution in [2.24, 2.45) is 0 Å². The van der Waals surface area contributed by atoms with Crippen LogP contribution < -0.4 is 5.32 Å². The van der Waals surface area contributed by atoms with Crippen LogP contribution >= 0.6 is 0 Å². The second kappa shape index (κ2) is 7.10. The number of terminal acetylenes is 1. The maximum atomic E-state index is 11.1. The van der Waals surface area contributed by atoms with E-state index in [2.05, 4.69) is 27.5 Å². The van der Waals surface area contributed by atoms with Crippen molar-refractivity contribution in [1.29, 1.82) is 5.26 Å². The van der Waals surface area contributed by atoms with Crippen molar-refractivity contribution in [2.75, 3.05) is 5.32 Å². The van der Waals surface area contributed by atoms with Gasteiger partial charge in [0.2, 0.25) is 0 Å². The number of aryl methyl sites for hydroxylation is 1. The molecular formula is C14H16N4O2. The van der Waals surface area contributed by atoms with Gasteiger partial charge in [-0.1, -0.05) is 13.8 Å². The maximum absolute atomic E-state index is 11.1. The fraction of sp³-hybridized carbons (Fsp3) is 0.429. The second-order valence-corrected chi connectivity index (χ2v) is 4.11. The highest BCUT2D eigenvalue weighted by Gasteiger charge is 2.21. The molecule has 0 aromatic carbocycles. The Balaban J connectivity index is 3.23. The molecule has 0 radical (unpaired) electrons. The van der Waals surface area contributed by atoms with E-state index in [1.54, 1.807) is 0 Å². The normalized spacial score (nSPS) is 11.2. The van der Waals surface area contributed by atoms with Crippen molar-refractivity contribution in [3.63, 3.8) is 0 Å². The van der Waals surface area contributed by atoms with Crippen LogP contribution in [0.3, 0.4) is 0 Å². The fourth-order valence-electron chi connectivity index (χ4n) is 1.88. The molecule has 0 spiro atoms. The summed E-state index contributed by atoms with van der Waals surface area (Å²) in [5, 5.41) is 29.0. The average molecular weight is 272 g/mol. The van der Waals surface area contributed by atoms with Crippen LogP contribution in [0.15, 0.2) is 0 Å². The summed E-state index contributed by atoms with van der Waals surface area (Å²) in [7, 11) is 0. The SMILES string of the molecule is C#CCC(Nc1nnc(CC)c(CC)c1C#N)C(=O)O. The van der Waals surface area contributed by atoms with Gasteiger partial charge in [-0.05, 0) is 18.4 Å². The third-order valence-corrected chi connectivity index (χ3v) is 2.89. The zero-order valence-corrected chi connectivity index (χ0v) is 11.5. The van der Waals surface area contributed by atoms with Gasteiger partial charge in [-0.25, -0.2) is 4.79 Å². The van der Waals surface area contributed by atoms with Crippen LogP contribution in [0, 0.1) is 23.7 Å². The number of rotatable bonds is 6. The minimum Gasteiger partial charge on any atom is -0.480 e. The number of hydrogen-bond donors (Lipinski definition) is 2. The van der Waals surface area contributed by atoms with E-state index in [0.717, 1.165) is 11.3 Å². The molecule has 1 atom stereocenters. The molecular weight excluding hydrogens is 256 g/mol. The molecule has 6 heteroatoms. The molecule has 0 aliphatic rings. The summed E-state index contributed by atoms with van der Waals surface area (Å²) in [6.45, 7) is 3.84. The Labute approximate surface area is 117 Å². The van der Waals surface area contributed by atoms with Gasteiger partial charge in [0.1, 0.15) is 17.7 Å². The lowest BCUT2D eigenvalue weighted by Crippen LogP contribution is -2.30. The third kappa shape index (κ3) is 3.24. The molecule has 0 fully saturated rings. The first kappa shape index (κ1) is 15.5. The third-order valence-electron chi connectivity index (χ3n) is 2.89. The Morgan fingerprint density at radius 3 is 2.60 bits per heavy atom. The van der Waals surface area contributed by atoms with Crippen molar-refractivity contribution < 1.29 is 9.90 Å². The van der Waals surface area contributed by atoms with Crippen molar-refractivity contribution in [2.45, 2.75) is 39.2 Å². The van der Waals surface area contributed by atoms with Gasteiger partial charge in [-0.3, -0.25) is 0 Å². The van der Waals surface area contributed by atoms with Crippen LogP contribution in [0.4, 0.5) is 5.82 Å². The van der Waals surface area contributed by atoms with E-state index in [1.807, 2.05) is 13.8 Å². The first-order valence-corrected chi connectivity index (χ1v) is 6.30. The van der Waals surface area contributed by atoms with Crippen LogP contribution in [-0.4, -0.2) is 27.3 Å². The van der Waals surface area contributed by atoms with Crippen LogP contribution in [0.25, 0.3) is 0 Å². The van der Waals surface area contributed by atoms with Crippen LogP contribution in [0.5, 0.6) is 0 Å². The Morgan fingerprint density at radius 2 is 2.15 bits per heavy atom. The standard InChI is InChI=1S/C14H16N4O2/c1-4-7-12(14(19)20)16-13-10(8-15)9(5-2)11(6-3)17-18-13/h1,12H,5-7H2,2-3H3,(H,16,18)(H,19,20). The summed E-state index contributed by atoms with van der Waals surface area (Å²) < 4.78 is 0. The first-order valence-electron chi connectivity index (χ1n) is 6.30. The lowest BCUT2D eigenvalue weighted by atomic mass is 10.0. The number of anilines is 1. The molecule has 0 amide bonds. The highest BCUT2D eigenvalue weighted by atomic mass is 16.4. The summed E-state index contributed by atoms with van der Waals surface area (Å²) in [5.41, 5.74) is 1.87. The van der Waals surface area contributed by atoms with E-state index in [1.165, 1.54) is 0 Å². The molecule has 1 heterocycles. The zero-order chi connectivity index (χ0) is 15.1. The van der Waals surface area contributed by atoms with Gasteiger partial charge >= 0.3 is 5.97 Å². The van der Waals surface area contributed by atoms with Crippen molar-refractivity contribution in [1.82, 2.24) is 10.2 Å². The van der Waals surface area contributed by atoms with Gasteiger partial charge in [-0.2, -0.15) is 10.4 Å². The lowest BCUT2D eigenvalue weighted by molar-refractivity contribution is -0.137. The monoisotopic (exact) mass is 272 g/mol. The Morgan fingerprint density at radius 1 is 1.45 bits per heavy atom. The minimum absolute atomic E-state index is 0.00112. The highest BCUT2D eigenvalue weighted by Crippen LogP contribution is 2.20. The highest BCUT2D eigenvalue weighted by molar-refractivity contribution is 5.78. The molecule has 1 unspecified atom stereocenters. The molecule has 0 saturated carbocycles. The van der Waals surface area contributed by atoms with Gasteiger partial charge in [0.05, 0.1) is 5.69 Å². The summed E-state index contributed by atoms with van der Waals surface area (Å²) in [5.74, 6) is 1.36. The van der Waals surface area contributed by atoms with E-state index < -0.39 is 12.0 Å². The van der Waals surface area contributed by atoms with E-state index in [0.29, 0.717) is 18.4 Å². The topological polar surface area (TPSA) is 98.9 Å². The van der Waals surface area contributed by atoms with E-state index >= 15 is 0 Å². The number of carboxylic acids is 1. The van der Waals surface area contributed by atoms with Gasteiger partial charge in [0, 0.05) is 6.42 Å². The predicted octanol–water partition coefficient (Wildman–Crippen LogP) is 1.36. The second-order valence-electron chi connectivity index (χ2n) is 4.11. The number of nitrogens with zero attached hydrogens (tertiary/aromatic N) is 3. The largest absolute Gasteiger partial charge is 0.480 e.